The van der Waals surface area contributed by atoms with Gasteiger partial charge in [-0.1, -0.05) is 24.7 Å². The second kappa shape index (κ2) is 6.60. The van der Waals surface area contributed by atoms with E-state index in [9.17, 15) is 4.39 Å². The molecular formula is C18H23FN2. The van der Waals surface area contributed by atoms with Crippen LogP contribution in [0.25, 0.3) is 0 Å². The molecule has 1 saturated carbocycles. The molecule has 0 amide bonds. The number of benzene rings is 1. The summed E-state index contributed by atoms with van der Waals surface area (Å²) in [6.45, 7) is 2.30. The molecule has 0 radical (unpaired) electrons. The Morgan fingerprint density at radius 2 is 2.05 bits per heavy atom. The lowest BCUT2D eigenvalue weighted by molar-refractivity contribution is 0.176. The quantitative estimate of drug-likeness (QED) is 0.847. The molecule has 2 aliphatic rings. The number of hydrogen-bond acceptors (Lipinski definition) is 2. The second-order valence-corrected chi connectivity index (χ2v) is 6.23. The van der Waals surface area contributed by atoms with Crippen molar-refractivity contribution in [3.05, 3.63) is 35.1 Å². The molecule has 1 saturated heterocycles. The average Bonchev–Trinajstić information content (AvgIpc) is 2.88. The number of rotatable bonds is 2. The van der Waals surface area contributed by atoms with Gasteiger partial charge in [-0.05, 0) is 55.5 Å². The fraction of sp³-hybridized carbons (Fsp3) is 0.556. The van der Waals surface area contributed by atoms with Crippen LogP contribution in [0.1, 0.15) is 43.2 Å². The van der Waals surface area contributed by atoms with E-state index in [2.05, 4.69) is 16.7 Å². The van der Waals surface area contributed by atoms with Gasteiger partial charge in [0.1, 0.15) is 5.82 Å². The normalized spacial score (nSPS) is 25.2. The van der Waals surface area contributed by atoms with Gasteiger partial charge in [0.05, 0.1) is 6.54 Å². The van der Waals surface area contributed by atoms with Crippen LogP contribution in [0.2, 0.25) is 0 Å². The molecule has 0 aromatic heterocycles. The number of hydrogen-bond donors (Lipinski definition) is 1. The Kier molecular flexibility index (Phi) is 4.57. The van der Waals surface area contributed by atoms with E-state index in [1.54, 1.807) is 6.07 Å². The maximum Gasteiger partial charge on any atom is 0.124 e. The molecule has 3 heteroatoms. The van der Waals surface area contributed by atoms with Gasteiger partial charge < -0.3 is 5.73 Å². The van der Waals surface area contributed by atoms with Gasteiger partial charge in [-0.3, -0.25) is 4.90 Å². The molecule has 112 valence electrons. The standard InChI is InChI=1S/C18H23FN2/c19-17-11-14(4-3-8-20)10-15(12-17)13-21-9-7-16-5-1-2-6-18(16)21/h10-12,16,18H,1-2,5-9,13,20H2. The number of fused-ring (bicyclic) bond motifs is 1. The molecule has 1 aliphatic heterocycles. The topological polar surface area (TPSA) is 29.3 Å². The third-order valence-electron chi connectivity index (χ3n) is 4.80. The Hall–Kier alpha value is -1.37. The zero-order chi connectivity index (χ0) is 14.7. The predicted molar refractivity (Wildman–Crippen MR) is 83.1 cm³/mol. The Labute approximate surface area is 126 Å². The predicted octanol–water partition coefficient (Wildman–Crippen LogP) is 2.90. The van der Waals surface area contributed by atoms with E-state index in [4.69, 9.17) is 5.73 Å². The highest BCUT2D eigenvalue weighted by Gasteiger charge is 2.35. The van der Waals surface area contributed by atoms with Crippen molar-refractivity contribution >= 4 is 0 Å². The first-order valence-electron chi connectivity index (χ1n) is 7.99. The van der Waals surface area contributed by atoms with E-state index >= 15 is 0 Å². The van der Waals surface area contributed by atoms with Crippen LogP contribution in [-0.4, -0.2) is 24.0 Å². The summed E-state index contributed by atoms with van der Waals surface area (Å²) < 4.78 is 13.7. The summed E-state index contributed by atoms with van der Waals surface area (Å²) in [5, 5.41) is 0. The summed E-state index contributed by atoms with van der Waals surface area (Å²) in [5.41, 5.74) is 7.14. The zero-order valence-electron chi connectivity index (χ0n) is 12.4. The van der Waals surface area contributed by atoms with Crippen LogP contribution in [0.15, 0.2) is 18.2 Å². The van der Waals surface area contributed by atoms with Crippen molar-refractivity contribution in [3.8, 4) is 11.8 Å². The first kappa shape index (κ1) is 14.6. The maximum atomic E-state index is 13.7. The molecule has 0 spiro atoms. The molecule has 2 fully saturated rings. The van der Waals surface area contributed by atoms with Crippen LogP contribution in [0.3, 0.4) is 0 Å². The molecule has 1 aromatic rings. The van der Waals surface area contributed by atoms with Crippen LogP contribution in [-0.2, 0) is 6.54 Å². The van der Waals surface area contributed by atoms with Crippen molar-refractivity contribution < 1.29 is 4.39 Å². The van der Waals surface area contributed by atoms with E-state index in [0.29, 0.717) is 12.6 Å². The van der Waals surface area contributed by atoms with Crippen LogP contribution in [0.5, 0.6) is 0 Å². The Balaban J connectivity index is 1.74. The summed E-state index contributed by atoms with van der Waals surface area (Å²) in [7, 11) is 0. The van der Waals surface area contributed by atoms with Gasteiger partial charge in [-0.15, -0.1) is 0 Å². The number of likely N-dealkylation sites (tertiary alicyclic amines) is 1. The SMILES string of the molecule is NCC#Cc1cc(F)cc(CN2CCC3CCCCC32)c1. The Bertz CT molecular complexity index is 558. The van der Waals surface area contributed by atoms with Crippen molar-refractivity contribution in [2.75, 3.05) is 13.1 Å². The molecule has 21 heavy (non-hydrogen) atoms. The second-order valence-electron chi connectivity index (χ2n) is 6.23. The molecule has 2 atom stereocenters. The van der Waals surface area contributed by atoms with Crippen molar-refractivity contribution in [2.45, 2.75) is 44.7 Å². The average molecular weight is 286 g/mol. The summed E-state index contributed by atoms with van der Waals surface area (Å²) in [5.74, 6) is 6.39. The van der Waals surface area contributed by atoms with Gasteiger partial charge in [-0.25, -0.2) is 4.39 Å². The lowest BCUT2D eigenvalue weighted by Gasteiger charge is -2.31. The Morgan fingerprint density at radius 1 is 1.19 bits per heavy atom. The lowest BCUT2D eigenvalue weighted by Crippen LogP contribution is -2.34. The molecule has 2 nitrogen and oxygen atoms in total. The largest absolute Gasteiger partial charge is 0.320 e. The van der Waals surface area contributed by atoms with Crippen molar-refractivity contribution in [1.82, 2.24) is 4.90 Å². The monoisotopic (exact) mass is 286 g/mol. The van der Waals surface area contributed by atoms with Crippen LogP contribution in [0.4, 0.5) is 4.39 Å². The molecule has 1 heterocycles. The van der Waals surface area contributed by atoms with Gasteiger partial charge >= 0.3 is 0 Å². The molecule has 3 rings (SSSR count). The number of nitrogens with zero attached hydrogens (tertiary/aromatic N) is 1. The lowest BCUT2D eigenvalue weighted by atomic mass is 9.85. The van der Waals surface area contributed by atoms with Crippen molar-refractivity contribution in [3.63, 3.8) is 0 Å². The minimum atomic E-state index is -0.201. The van der Waals surface area contributed by atoms with Gasteiger partial charge in [0.15, 0.2) is 0 Å². The molecule has 1 aliphatic carbocycles. The minimum Gasteiger partial charge on any atom is -0.320 e. The smallest absolute Gasteiger partial charge is 0.124 e. The number of nitrogens with two attached hydrogens (primary N) is 1. The summed E-state index contributed by atoms with van der Waals surface area (Å²) in [6, 6.07) is 5.84. The van der Waals surface area contributed by atoms with Crippen molar-refractivity contribution in [1.29, 1.82) is 0 Å². The fourth-order valence-electron chi connectivity index (χ4n) is 3.90. The molecular weight excluding hydrogens is 263 g/mol. The van der Waals surface area contributed by atoms with Gasteiger partial charge in [-0.2, -0.15) is 0 Å². The van der Waals surface area contributed by atoms with Crippen LogP contribution < -0.4 is 5.73 Å². The van der Waals surface area contributed by atoms with E-state index in [0.717, 1.165) is 30.1 Å². The van der Waals surface area contributed by atoms with E-state index in [-0.39, 0.29) is 5.82 Å². The Morgan fingerprint density at radius 3 is 2.90 bits per heavy atom. The first-order chi connectivity index (χ1) is 10.3. The molecule has 2 unspecified atom stereocenters. The molecule has 1 aromatic carbocycles. The molecule has 0 bridgehead atoms. The first-order valence-corrected chi connectivity index (χ1v) is 7.99. The van der Waals surface area contributed by atoms with Crippen LogP contribution >= 0.6 is 0 Å². The van der Waals surface area contributed by atoms with Gasteiger partial charge in [0.2, 0.25) is 0 Å². The van der Waals surface area contributed by atoms with Gasteiger partial charge in [0.25, 0.3) is 0 Å². The van der Waals surface area contributed by atoms with Gasteiger partial charge in [0, 0.05) is 18.2 Å². The van der Waals surface area contributed by atoms with E-state index < -0.39 is 0 Å². The highest BCUT2D eigenvalue weighted by atomic mass is 19.1. The summed E-state index contributed by atoms with van der Waals surface area (Å²) in [4.78, 5) is 2.54. The maximum absolute atomic E-state index is 13.7. The highest BCUT2D eigenvalue weighted by Crippen LogP contribution is 2.36. The van der Waals surface area contributed by atoms with E-state index in [1.165, 1.54) is 38.2 Å². The third kappa shape index (κ3) is 3.45. The highest BCUT2D eigenvalue weighted by molar-refractivity contribution is 5.38. The van der Waals surface area contributed by atoms with E-state index in [1.807, 2.05) is 6.07 Å². The number of halogens is 1. The van der Waals surface area contributed by atoms with Crippen LogP contribution in [0, 0.1) is 23.6 Å². The zero-order valence-corrected chi connectivity index (χ0v) is 12.4. The fourth-order valence-corrected chi connectivity index (χ4v) is 3.90. The summed E-state index contributed by atoms with van der Waals surface area (Å²) >= 11 is 0. The third-order valence-corrected chi connectivity index (χ3v) is 4.80. The molecule has 2 N–H and O–H groups in total. The van der Waals surface area contributed by atoms with Crippen molar-refractivity contribution in [2.24, 2.45) is 11.7 Å². The summed E-state index contributed by atoms with van der Waals surface area (Å²) in [6.07, 6.45) is 6.71. The minimum absolute atomic E-state index is 0.201.